The molecule has 34 heavy (non-hydrogen) atoms. The summed E-state index contributed by atoms with van der Waals surface area (Å²) in [6.07, 6.45) is 3.34. The molecular formula is C26H24FN5O2. The van der Waals surface area contributed by atoms with Crippen molar-refractivity contribution >= 4 is 17.6 Å². The Balaban J connectivity index is 1.58. The molecule has 8 heteroatoms. The Morgan fingerprint density at radius 1 is 0.882 bits per heavy atom. The molecule has 4 aromatic rings. The monoisotopic (exact) mass is 457 g/mol. The third-order valence-corrected chi connectivity index (χ3v) is 5.29. The highest BCUT2D eigenvalue weighted by molar-refractivity contribution is 5.97. The SMILES string of the molecule is Cn1ccnc1C(NC(=O)NC(C(=O)Nc1ccccc1)c1ccccc1)c1cccc(F)c1. The summed E-state index contributed by atoms with van der Waals surface area (Å²) in [5.74, 6) is -0.305. The van der Waals surface area contributed by atoms with Crippen molar-refractivity contribution < 1.29 is 14.0 Å². The number of nitrogens with zero attached hydrogens (tertiary/aromatic N) is 2. The highest BCUT2D eigenvalue weighted by Gasteiger charge is 2.26. The number of anilines is 1. The molecular weight excluding hydrogens is 433 g/mol. The zero-order valence-electron chi connectivity index (χ0n) is 18.5. The van der Waals surface area contributed by atoms with Gasteiger partial charge in [-0.25, -0.2) is 14.2 Å². The molecule has 1 aromatic heterocycles. The molecule has 172 valence electrons. The summed E-state index contributed by atoms with van der Waals surface area (Å²) in [6.45, 7) is 0. The molecule has 0 bridgehead atoms. The minimum atomic E-state index is -0.962. The first-order chi connectivity index (χ1) is 16.5. The largest absolute Gasteiger partial charge is 0.336 e. The maximum absolute atomic E-state index is 13.9. The van der Waals surface area contributed by atoms with Gasteiger partial charge in [0.25, 0.3) is 5.91 Å². The van der Waals surface area contributed by atoms with E-state index in [9.17, 15) is 14.0 Å². The van der Waals surface area contributed by atoms with E-state index in [1.54, 1.807) is 72.5 Å². The van der Waals surface area contributed by atoms with E-state index in [0.29, 0.717) is 22.6 Å². The van der Waals surface area contributed by atoms with Crippen molar-refractivity contribution in [3.05, 3.63) is 120 Å². The Hall–Kier alpha value is -4.46. The molecule has 0 saturated carbocycles. The van der Waals surface area contributed by atoms with Crippen molar-refractivity contribution in [1.82, 2.24) is 20.2 Å². The van der Waals surface area contributed by atoms with Crippen LogP contribution in [0.25, 0.3) is 0 Å². The van der Waals surface area contributed by atoms with E-state index in [0.717, 1.165) is 0 Å². The number of carbonyl (C=O) groups is 2. The number of aromatic nitrogens is 2. The molecule has 7 nitrogen and oxygen atoms in total. The van der Waals surface area contributed by atoms with Crippen LogP contribution < -0.4 is 16.0 Å². The summed E-state index contributed by atoms with van der Waals surface area (Å²) in [6, 6.07) is 21.6. The number of benzene rings is 3. The minimum absolute atomic E-state index is 0.396. The van der Waals surface area contributed by atoms with Crippen molar-refractivity contribution in [2.75, 3.05) is 5.32 Å². The average Bonchev–Trinajstić information content (AvgIpc) is 3.27. The molecule has 0 aliphatic carbocycles. The van der Waals surface area contributed by atoms with Gasteiger partial charge in [-0.3, -0.25) is 4.79 Å². The molecule has 2 atom stereocenters. The number of hydrogen-bond acceptors (Lipinski definition) is 3. The summed E-state index contributed by atoms with van der Waals surface area (Å²) in [4.78, 5) is 30.6. The van der Waals surface area contributed by atoms with Crippen LogP contribution in [-0.2, 0) is 11.8 Å². The van der Waals surface area contributed by atoms with Gasteiger partial charge in [-0.05, 0) is 35.4 Å². The minimum Gasteiger partial charge on any atom is -0.336 e. The second kappa shape index (κ2) is 10.4. The van der Waals surface area contributed by atoms with Crippen LogP contribution in [0.3, 0.4) is 0 Å². The van der Waals surface area contributed by atoms with Crippen molar-refractivity contribution in [1.29, 1.82) is 0 Å². The third-order valence-electron chi connectivity index (χ3n) is 5.29. The highest BCUT2D eigenvalue weighted by Crippen LogP contribution is 2.22. The third kappa shape index (κ3) is 5.47. The molecule has 3 N–H and O–H groups in total. The predicted molar refractivity (Wildman–Crippen MR) is 127 cm³/mol. The topological polar surface area (TPSA) is 88.1 Å². The predicted octanol–water partition coefficient (Wildman–Crippen LogP) is 4.33. The number of carbonyl (C=O) groups excluding carboxylic acids is 2. The van der Waals surface area contributed by atoms with Gasteiger partial charge < -0.3 is 20.5 Å². The molecule has 0 spiro atoms. The van der Waals surface area contributed by atoms with Crippen LogP contribution in [0.2, 0.25) is 0 Å². The van der Waals surface area contributed by atoms with Crippen LogP contribution >= 0.6 is 0 Å². The zero-order valence-corrected chi connectivity index (χ0v) is 18.5. The van der Waals surface area contributed by atoms with Gasteiger partial charge >= 0.3 is 6.03 Å². The molecule has 0 aliphatic rings. The first-order valence-electron chi connectivity index (χ1n) is 10.7. The maximum Gasteiger partial charge on any atom is 0.316 e. The second-order valence-electron chi connectivity index (χ2n) is 7.70. The van der Waals surface area contributed by atoms with Gasteiger partial charge in [0.1, 0.15) is 23.7 Å². The molecule has 3 amide bonds. The number of para-hydroxylation sites is 1. The van der Waals surface area contributed by atoms with E-state index >= 15 is 0 Å². The fraction of sp³-hybridized carbons (Fsp3) is 0.115. The summed E-state index contributed by atoms with van der Waals surface area (Å²) < 4.78 is 15.7. The number of aryl methyl sites for hydroxylation is 1. The Labute approximate surface area is 196 Å². The van der Waals surface area contributed by atoms with Crippen LogP contribution in [0.4, 0.5) is 14.9 Å². The van der Waals surface area contributed by atoms with Crippen LogP contribution in [0.5, 0.6) is 0 Å². The van der Waals surface area contributed by atoms with Crippen LogP contribution in [0, 0.1) is 5.82 Å². The van der Waals surface area contributed by atoms with Crippen molar-refractivity contribution in [3.63, 3.8) is 0 Å². The van der Waals surface area contributed by atoms with Crippen molar-refractivity contribution in [3.8, 4) is 0 Å². The van der Waals surface area contributed by atoms with Gasteiger partial charge in [0, 0.05) is 25.1 Å². The van der Waals surface area contributed by atoms with Gasteiger partial charge in [0.2, 0.25) is 0 Å². The number of nitrogens with one attached hydrogen (secondary N) is 3. The van der Waals surface area contributed by atoms with Gasteiger partial charge in [0.05, 0.1) is 0 Å². The Morgan fingerprint density at radius 3 is 2.21 bits per heavy atom. The standard InChI is InChI=1S/C26H24FN5O2/c1-32-16-15-28-24(32)22(19-11-8-12-20(27)17-19)30-26(34)31-23(18-9-4-2-5-10-18)25(33)29-21-13-6-3-7-14-21/h2-17,22-23H,1H3,(H,29,33)(H2,30,31,34). The van der Waals surface area contributed by atoms with Gasteiger partial charge in [-0.2, -0.15) is 0 Å². The van der Waals surface area contributed by atoms with Crippen molar-refractivity contribution in [2.45, 2.75) is 12.1 Å². The molecule has 4 rings (SSSR count). The fourth-order valence-electron chi connectivity index (χ4n) is 3.62. The number of rotatable bonds is 7. The number of imidazole rings is 1. The second-order valence-corrected chi connectivity index (χ2v) is 7.70. The Kier molecular flexibility index (Phi) is 6.98. The van der Waals surface area contributed by atoms with E-state index in [1.165, 1.54) is 12.1 Å². The van der Waals surface area contributed by atoms with E-state index in [-0.39, 0.29) is 0 Å². The number of amides is 3. The number of hydrogen-bond donors (Lipinski definition) is 3. The maximum atomic E-state index is 13.9. The lowest BCUT2D eigenvalue weighted by Gasteiger charge is -2.23. The Bertz CT molecular complexity index is 1260. The molecule has 1 heterocycles. The summed E-state index contributed by atoms with van der Waals surface area (Å²) in [7, 11) is 1.79. The summed E-state index contributed by atoms with van der Waals surface area (Å²) in [5, 5.41) is 8.43. The fourth-order valence-corrected chi connectivity index (χ4v) is 3.62. The van der Waals surface area contributed by atoms with Gasteiger partial charge in [0.15, 0.2) is 0 Å². The lowest BCUT2D eigenvalue weighted by molar-refractivity contribution is -0.118. The molecule has 0 aliphatic heterocycles. The highest BCUT2D eigenvalue weighted by atomic mass is 19.1. The number of halogens is 1. The quantitative estimate of drug-likeness (QED) is 0.386. The van der Waals surface area contributed by atoms with E-state index in [4.69, 9.17) is 0 Å². The van der Waals surface area contributed by atoms with E-state index < -0.39 is 29.8 Å². The Morgan fingerprint density at radius 2 is 1.56 bits per heavy atom. The van der Waals surface area contributed by atoms with Crippen LogP contribution in [0.15, 0.2) is 97.3 Å². The first-order valence-corrected chi connectivity index (χ1v) is 10.7. The van der Waals surface area contributed by atoms with Crippen LogP contribution in [0.1, 0.15) is 29.0 Å². The molecule has 2 unspecified atom stereocenters. The van der Waals surface area contributed by atoms with E-state index in [1.807, 2.05) is 24.3 Å². The molecule has 0 fully saturated rings. The zero-order chi connectivity index (χ0) is 23.9. The van der Waals surface area contributed by atoms with Crippen molar-refractivity contribution in [2.24, 2.45) is 7.05 Å². The average molecular weight is 458 g/mol. The molecule has 0 radical (unpaired) electrons. The molecule has 0 saturated heterocycles. The lowest BCUT2D eigenvalue weighted by Crippen LogP contribution is -2.44. The van der Waals surface area contributed by atoms with Crippen LogP contribution in [-0.4, -0.2) is 21.5 Å². The smallest absolute Gasteiger partial charge is 0.316 e. The van der Waals surface area contributed by atoms with Gasteiger partial charge in [-0.1, -0.05) is 60.7 Å². The summed E-state index contributed by atoms with van der Waals surface area (Å²) in [5.41, 5.74) is 1.75. The van der Waals surface area contributed by atoms with E-state index in [2.05, 4.69) is 20.9 Å². The molecule has 3 aromatic carbocycles. The first kappa shape index (κ1) is 22.7. The van der Waals surface area contributed by atoms with Gasteiger partial charge in [-0.15, -0.1) is 0 Å². The summed E-state index contributed by atoms with van der Waals surface area (Å²) >= 11 is 0. The number of urea groups is 1. The normalized spacial score (nSPS) is 12.4. The lowest BCUT2D eigenvalue weighted by atomic mass is 10.1.